The van der Waals surface area contributed by atoms with E-state index in [1.807, 2.05) is 30.3 Å². The van der Waals surface area contributed by atoms with E-state index in [0.29, 0.717) is 23.7 Å². The summed E-state index contributed by atoms with van der Waals surface area (Å²) in [5.74, 6) is 0.870. The van der Waals surface area contributed by atoms with E-state index in [9.17, 15) is 4.39 Å². The SMILES string of the molecule is CCCCOc1cc(F)cc(-c2nc3ccccc3[nH]2)c1. The zero-order valence-corrected chi connectivity index (χ0v) is 11.9. The molecule has 0 aliphatic carbocycles. The van der Waals surface area contributed by atoms with Gasteiger partial charge in [0.25, 0.3) is 0 Å². The number of aromatic amines is 1. The standard InChI is InChI=1S/C17H17FN2O/c1-2-3-8-21-14-10-12(9-13(18)11-14)17-19-15-6-4-5-7-16(15)20-17/h4-7,9-11H,2-3,8H2,1H3,(H,19,20). The lowest BCUT2D eigenvalue weighted by Gasteiger charge is -2.07. The highest BCUT2D eigenvalue weighted by atomic mass is 19.1. The third kappa shape index (κ3) is 3.05. The van der Waals surface area contributed by atoms with E-state index in [2.05, 4.69) is 16.9 Å². The van der Waals surface area contributed by atoms with Crippen molar-refractivity contribution < 1.29 is 9.13 Å². The van der Waals surface area contributed by atoms with Gasteiger partial charge in [-0.25, -0.2) is 9.37 Å². The van der Waals surface area contributed by atoms with Gasteiger partial charge in [0.1, 0.15) is 17.4 Å². The number of hydrogen-bond acceptors (Lipinski definition) is 2. The molecule has 21 heavy (non-hydrogen) atoms. The van der Waals surface area contributed by atoms with E-state index in [1.165, 1.54) is 12.1 Å². The first-order valence-corrected chi connectivity index (χ1v) is 7.15. The van der Waals surface area contributed by atoms with Crippen LogP contribution in [0.15, 0.2) is 42.5 Å². The minimum absolute atomic E-state index is 0.320. The maximum atomic E-state index is 13.8. The number of halogens is 1. The number of para-hydroxylation sites is 2. The molecule has 0 saturated heterocycles. The molecule has 0 unspecified atom stereocenters. The number of imidazole rings is 1. The molecular formula is C17H17FN2O. The topological polar surface area (TPSA) is 37.9 Å². The van der Waals surface area contributed by atoms with E-state index < -0.39 is 0 Å². The first-order valence-electron chi connectivity index (χ1n) is 7.15. The van der Waals surface area contributed by atoms with Gasteiger partial charge in [-0.2, -0.15) is 0 Å². The van der Waals surface area contributed by atoms with Gasteiger partial charge >= 0.3 is 0 Å². The van der Waals surface area contributed by atoms with Crippen LogP contribution >= 0.6 is 0 Å². The van der Waals surface area contributed by atoms with Crippen molar-refractivity contribution in [3.63, 3.8) is 0 Å². The molecule has 1 aromatic heterocycles. The second-order valence-electron chi connectivity index (χ2n) is 4.98. The van der Waals surface area contributed by atoms with Crippen LogP contribution in [0.5, 0.6) is 5.75 Å². The molecule has 2 aromatic carbocycles. The second kappa shape index (κ2) is 5.95. The van der Waals surface area contributed by atoms with Crippen molar-refractivity contribution in [2.24, 2.45) is 0 Å². The summed E-state index contributed by atoms with van der Waals surface area (Å²) >= 11 is 0. The Morgan fingerprint density at radius 3 is 2.86 bits per heavy atom. The Balaban J connectivity index is 1.93. The summed E-state index contributed by atoms with van der Waals surface area (Å²) in [5, 5.41) is 0. The number of benzene rings is 2. The minimum atomic E-state index is -0.320. The zero-order valence-electron chi connectivity index (χ0n) is 11.9. The summed E-state index contributed by atoms with van der Waals surface area (Å²) < 4.78 is 19.3. The molecule has 1 heterocycles. The molecule has 1 N–H and O–H groups in total. The van der Waals surface area contributed by atoms with Crippen LogP contribution in [-0.4, -0.2) is 16.6 Å². The van der Waals surface area contributed by atoms with Crippen molar-refractivity contribution in [2.45, 2.75) is 19.8 Å². The molecule has 0 amide bonds. The molecule has 0 radical (unpaired) electrons. The normalized spacial score (nSPS) is 11.0. The highest BCUT2D eigenvalue weighted by Crippen LogP contribution is 2.25. The molecule has 0 aliphatic heterocycles. The van der Waals surface area contributed by atoms with Crippen LogP contribution in [0.1, 0.15) is 19.8 Å². The lowest BCUT2D eigenvalue weighted by Crippen LogP contribution is -1.97. The molecule has 3 rings (SSSR count). The summed E-state index contributed by atoms with van der Waals surface area (Å²) in [6.07, 6.45) is 2.00. The monoisotopic (exact) mass is 284 g/mol. The van der Waals surface area contributed by atoms with E-state index >= 15 is 0 Å². The number of nitrogens with zero attached hydrogens (tertiary/aromatic N) is 1. The molecule has 4 heteroatoms. The predicted molar refractivity (Wildman–Crippen MR) is 81.9 cm³/mol. The third-order valence-electron chi connectivity index (χ3n) is 3.30. The second-order valence-corrected chi connectivity index (χ2v) is 4.98. The van der Waals surface area contributed by atoms with Gasteiger partial charge in [0.2, 0.25) is 0 Å². The molecule has 3 aromatic rings. The highest BCUT2D eigenvalue weighted by molar-refractivity contribution is 5.79. The number of rotatable bonds is 5. The minimum Gasteiger partial charge on any atom is -0.493 e. The van der Waals surface area contributed by atoms with Crippen molar-refractivity contribution in [2.75, 3.05) is 6.61 Å². The summed E-state index contributed by atoms with van der Waals surface area (Å²) in [6, 6.07) is 12.4. The van der Waals surface area contributed by atoms with Crippen LogP contribution in [0.4, 0.5) is 4.39 Å². The van der Waals surface area contributed by atoms with Crippen molar-refractivity contribution in [1.29, 1.82) is 0 Å². The van der Waals surface area contributed by atoms with E-state index in [4.69, 9.17) is 4.74 Å². The summed E-state index contributed by atoms with van der Waals surface area (Å²) in [5.41, 5.74) is 2.49. The number of ether oxygens (including phenoxy) is 1. The molecule has 0 atom stereocenters. The summed E-state index contributed by atoms with van der Waals surface area (Å²) in [4.78, 5) is 7.68. The fourth-order valence-electron chi connectivity index (χ4n) is 2.21. The van der Waals surface area contributed by atoms with Gasteiger partial charge in [0.05, 0.1) is 17.6 Å². The van der Waals surface area contributed by atoms with Crippen LogP contribution in [-0.2, 0) is 0 Å². The zero-order chi connectivity index (χ0) is 14.7. The van der Waals surface area contributed by atoms with Gasteiger partial charge in [-0.3, -0.25) is 0 Å². The first-order chi connectivity index (χ1) is 10.3. The Morgan fingerprint density at radius 1 is 1.19 bits per heavy atom. The quantitative estimate of drug-likeness (QED) is 0.698. The fraction of sp³-hybridized carbons (Fsp3) is 0.235. The van der Waals surface area contributed by atoms with Crippen molar-refractivity contribution in [1.82, 2.24) is 9.97 Å². The molecule has 3 nitrogen and oxygen atoms in total. The van der Waals surface area contributed by atoms with Crippen molar-refractivity contribution in [3.8, 4) is 17.1 Å². The fourth-order valence-corrected chi connectivity index (χ4v) is 2.21. The van der Waals surface area contributed by atoms with Crippen LogP contribution in [0.2, 0.25) is 0 Å². The van der Waals surface area contributed by atoms with Gasteiger partial charge < -0.3 is 9.72 Å². The number of hydrogen-bond donors (Lipinski definition) is 1. The van der Waals surface area contributed by atoms with Gasteiger partial charge in [0.15, 0.2) is 0 Å². The van der Waals surface area contributed by atoms with Gasteiger partial charge in [0, 0.05) is 11.6 Å². The molecule has 0 saturated carbocycles. The van der Waals surface area contributed by atoms with Crippen LogP contribution in [0.3, 0.4) is 0 Å². The number of H-pyrrole nitrogens is 1. The summed E-state index contributed by atoms with van der Waals surface area (Å²) in [6.45, 7) is 2.69. The number of aromatic nitrogens is 2. The largest absolute Gasteiger partial charge is 0.493 e. The van der Waals surface area contributed by atoms with E-state index in [0.717, 1.165) is 23.9 Å². The summed E-state index contributed by atoms with van der Waals surface area (Å²) in [7, 11) is 0. The third-order valence-corrected chi connectivity index (χ3v) is 3.30. The number of nitrogens with one attached hydrogen (secondary N) is 1. The van der Waals surface area contributed by atoms with E-state index in [1.54, 1.807) is 0 Å². The number of fused-ring (bicyclic) bond motifs is 1. The Morgan fingerprint density at radius 2 is 2.05 bits per heavy atom. The van der Waals surface area contributed by atoms with Crippen molar-refractivity contribution in [3.05, 3.63) is 48.3 Å². The van der Waals surface area contributed by atoms with E-state index in [-0.39, 0.29) is 5.82 Å². The molecule has 0 spiro atoms. The number of unbranched alkanes of at least 4 members (excludes halogenated alkanes) is 1. The maximum absolute atomic E-state index is 13.8. The van der Waals surface area contributed by atoms with Gasteiger partial charge in [-0.15, -0.1) is 0 Å². The maximum Gasteiger partial charge on any atom is 0.138 e. The molecule has 0 aliphatic rings. The van der Waals surface area contributed by atoms with Crippen LogP contribution in [0.25, 0.3) is 22.4 Å². The predicted octanol–water partition coefficient (Wildman–Crippen LogP) is 4.55. The van der Waals surface area contributed by atoms with Gasteiger partial charge in [-0.05, 0) is 30.7 Å². The Kier molecular flexibility index (Phi) is 3.86. The highest BCUT2D eigenvalue weighted by Gasteiger charge is 2.08. The Hall–Kier alpha value is -2.36. The first kappa shape index (κ1) is 13.6. The average Bonchev–Trinajstić information content (AvgIpc) is 2.91. The average molecular weight is 284 g/mol. The molecule has 108 valence electrons. The van der Waals surface area contributed by atoms with Crippen LogP contribution in [0, 0.1) is 5.82 Å². The van der Waals surface area contributed by atoms with Crippen molar-refractivity contribution >= 4 is 11.0 Å². The smallest absolute Gasteiger partial charge is 0.138 e. The molecule has 0 fully saturated rings. The van der Waals surface area contributed by atoms with Gasteiger partial charge in [-0.1, -0.05) is 25.5 Å². The molecule has 0 bridgehead atoms. The Bertz CT molecular complexity index is 718. The lowest BCUT2D eigenvalue weighted by molar-refractivity contribution is 0.308. The molecular weight excluding hydrogens is 267 g/mol. The Labute approximate surface area is 122 Å². The lowest BCUT2D eigenvalue weighted by atomic mass is 10.2. The van der Waals surface area contributed by atoms with Crippen LogP contribution < -0.4 is 4.74 Å².